The molecule has 0 aliphatic rings. The van der Waals surface area contributed by atoms with E-state index in [1.165, 1.54) is 27.8 Å². The molecular weight excluding hydrogens is 230 g/mol. The number of hydrogen-bond donors (Lipinski definition) is 0. The van der Waals surface area contributed by atoms with Gasteiger partial charge in [0.25, 0.3) is 0 Å². The van der Waals surface area contributed by atoms with Crippen LogP contribution in [0.15, 0.2) is 30.5 Å². The summed E-state index contributed by atoms with van der Waals surface area (Å²) in [5, 5.41) is 0.560. The molecule has 0 unspecified atom stereocenters. The molecule has 1 nitrogen and oxygen atoms in total. The van der Waals surface area contributed by atoms with Gasteiger partial charge in [0.05, 0.1) is 0 Å². The Morgan fingerprint density at radius 2 is 1.71 bits per heavy atom. The molecule has 0 spiro atoms. The van der Waals surface area contributed by atoms with Crippen molar-refractivity contribution in [2.45, 2.75) is 27.2 Å². The molecule has 0 N–H and O–H groups in total. The number of hydrogen-bond acceptors (Lipinski definition) is 1. The topological polar surface area (TPSA) is 12.9 Å². The lowest BCUT2D eigenvalue weighted by Gasteiger charge is -2.11. The second-order valence-corrected chi connectivity index (χ2v) is 4.93. The van der Waals surface area contributed by atoms with Crippen molar-refractivity contribution in [1.29, 1.82) is 0 Å². The van der Waals surface area contributed by atoms with E-state index in [0.29, 0.717) is 5.15 Å². The molecule has 0 atom stereocenters. The molecule has 17 heavy (non-hydrogen) atoms. The summed E-state index contributed by atoms with van der Waals surface area (Å²) in [6, 6.07) is 8.40. The number of rotatable bonds is 2. The van der Waals surface area contributed by atoms with Gasteiger partial charge < -0.3 is 0 Å². The monoisotopic (exact) mass is 245 g/mol. The Kier molecular flexibility index (Phi) is 3.49. The fraction of sp³-hybridized carbons (Fsp3) is 0.267. The summed E-state index contributed by atoms with van der Waals surface area (Å²) >= 11 is 5.90. The first-order valence-electron chi connectivity index (χ1n) is 5.73. The van der Waals surface area contributed by atoms with Crippen LogP contribution in [0.1, 0.15) is 27.8 Å². The van der Waals surface area contributed by atoms with E-state index in [9.17, 15) is 0 Å². The average molecular weight is 246 g/mol. The summed E-state index contributed by atoms with van der Waals surface area (Å²) in [5.74, 6) is 0. The van der Waals surface area contributed by atoms with Crippen molar-refractivity contribution in [3.63, 3.8) is 0 Å². The molecule has 0 amide bonds. The van der Waals surface area contributed by atoms with Crippen LogP contribution >= 0.6 is 11.6 Å². The first kappa shape index (κ1) is 12.1. The van der Waals surface area contributed by atoms with Crippen LogP contribution in [0.5, 0.6) is 0 Å². The molecule has 2 rings (SSSR count). The van der Waals surface area contributed by atoms with Crippen LogP contribution in [-0.2, 0) is 6.42 Å². The fourth-order valence-corrected chi connectivity index (χ4v) is 2.44. The molecule has 1 aromatic heterocycles. The van der Waals surface area contributed by atoms with Gasteiger partial charge in [-0.1, -0.05) is 29.3 Å². The highest BCUT2D eigenvalue weighted by Gasteiger charge is 2.05. The zero-order valence-electron chi connectivity index (χ0n) is 10.4. The van der Waals surface area contributed by atoms with Crippen LogP contribution in [0, 0.1) is 20.8 Å². The van der Waals surface area contributed by atoms with E-state index in [4.69, 9.17) is 11.6 Å². The van der Waals surface area contributed by atoms with Crippen molar-refractivity contribution in [3.05, 3.63) is 63.4 Å². The number of aromatic nitrogens is 1. The van der Waals surface area contributed by atoms with Gasteiger partial charge in [-0.2, -0.15) is 0 Å². The van der Waals surface area contributed by atoms with E-state index in [0.717, 1.165) is 6.42 Å². The SMILES string of the molecule is Cc1cc(C)c(Cc2ccnc(Cl)c2)c(C)c1. The summed E-state index contributed by atoms with van der Waals surface area (Å²) in [6.07, 6.45) is 2.68. The molecular formula is C15H16ClN. The molecule has 88 valence electrons. The largest absolute Gasteiger partial charge is 0.245 e. The van der Waals surface area contributed by atoms with E-state index in [1.54, 1.807) is 6.20 Å². The maximum Gasteiger partial charge on any atom is 0.129 e. The van der Waals surface area contributed by atoms with Crippen LogP contribution in [0.3, 0.4) is 0 Å². The van der Waals surface area contributed by atoms with Crippen molar-refractivity contribution >= 4 is 11.6 Å². The Morgan fingerprint density at radius 3 is 2.29 bits per heavy atom. The number of pyridine rings is 1. The van der Waals surface area contributed by atoms with Crippen LogP contribution in [0.25, 0.3) is 0 Å². The number of aryl methyl sites for hydroxylation is 3. The predicted molar refractivity (Wildman–Crippen MR) is 72.7 cm³/mol. The lowest BCUT2D eigenvalue weighted by atomic mass is 9.95. The van der Waals surface area contributed by atoms with Crippen LogP contribution in [-0.4, -0.2) is 4.98 Å². The van der Waals surface area contributed by atoms with E-state index in [-0.39, 0.29) is 0 Å². The van der Waals surface area contributed by atoms with E-state index in [2.05, 4.69) is 37.9 Å². The zero-order chi connectivity index (χ0) is 12.4. The average Bonchev–Trinajstić information content (AvgIpc) is 2.23. The van der Waals surface area contributed by atoms with Gasteiger partial charge in [-0.25, -0.2) is 4.98 Å². The minimum atomic E-state index is 0.560. The maximum absolute atomic E-state index is 5.90. The second kappa shape index (κ2) is 4.89. The van der Waals surface area contributed by atoms with Gasteiger partial charge in [0, 0.05) is 6.20 Å². The van der Waals surface area contributed by atoms with Crippen molar-refractivity contribution in [1.82, 2.24) is 4.98 Å². The lowest BCUT2D eigenvalue weighted by molar-refractivity contribution is 1.10. The molecule has 2 heteroatoms. The first-order chi connectivity index (χ1) is 8.06. The highest BCUT2D eigenvalue weighted by molar-refractivity contribution is 6.29. The van der Waals surface area contributed by atoms with Gasteiger partial charge in [0.15, 0.2) is 0 Å². The Labute approximate surface area is 107 Å². The maximum atomic E-state index is 5.90. The highest BCUT2D eigenvalue weighted by atomic mass is 35.5. The highest BCUT2D eigenvalue weighted by Crippen LogP contribution is 2.20. The minimum Gasteiger partial charge on any atom is -0.245 e. The molecule has 0 aliphatic carbocycles. The molecule has 0 saturated carbocycles. The minimum absolute atomic E-state index is 0.560. The van der Waals surface area contributed by atoms with Crippen molar-refractivity contribution < 1.29 is 0 Å². The van der Waals surface area contributed by atoms with Gasteiger partial charge in [-0.05, 0) is 61.6 Å². The van der Waals surface area contributed by atoms with Gasteiger partial charge >= 0.3 is 0 Å². The third kappa shape index (κ3) is 2.86. The third-order valence-electron chi connectivity index (χ3n) is 3.01. The van der Waals surface area contributed by atoms with Gasteiger partial charge in [0.1, 0.15) is 5.15 Å². The molecule has 1 aromatic carbocycles. The van der Waals surface area contributed by atoms with Gasteiger partial charge in [0.2, 0.25) is 0 Å². The molecule has 2 aromatic rings. The number of nitrogens with zero attached hydrogens (tertiary/aromatic N) is 1. The molecule has 0 bridgehead atoms. The molecule has 0 aliphatic heterocycles. The number of benzene rings is 1. The predicted octanol–water partition coefficient (Wildman–Crippen LogP) is 4.25. The van der Waals surface area contributed by atoms with Crippen LogP contribution in [0.4, 0.5) is 0 Å². The van der Waals surface area contributed by atoms with Crippen LogP contribution < -0.4 is 0 Å². The zero-order valence-corrected chi connectivity index (χ0v) is 11.2. The molecule has 0 radical (unpaired) electrons. The Hall–Kier alpha value is -1.34. The van der Waals surface area contributed by atoms with Crippen molar-refractivity contribution in [2.75, 3.05) is 0 Å². The second-order valence-electron chi connectivity index (χ2n) is 4.54. The summed E-state index contributed by atoms with van der Waals surface area (Å²) in [6.45, 7) is 6.46. The Balaban J connectivity index is 2.36. The lowest BCUT2D eigenvalue weighted by Crippen LogP contribution is -1.97. The normalized spacial score (nSPS) is 10.6. The van der Waals surface area contributed by atoms with Crippen LogP contribution in [0.2, 0.25) is 5.15 Å². The Bertz CT molecular complexity index is 523. The van der Waals surface area contributed by atoms with E-state index >= 15 is 0 Å². The fourth-order valence-electron chi connectivity index (χ4n) is 2.25. The molecule has 0 saturated heterocycles. The summed E-state index contributed by atoms with van der Waals surface area (Å²) in [4.78, 5) is 4.01. The van der Waals surface area contributed by atoms with Gasteiger partial charge in [-0.15, -0.1) is 0 Å². The Morgan fingerprint density at radius 1 is 1.06 bits per heavy atom. The molecule has 1 heterocycles. The van der Waals surface area contributed by atoms with Crippen molar-refractivity contribution in [3.8, 4) is 0 Å². The standard InChI is InChI=1S/C15H16ClN/c1-10-6-11(2)14(12(3)7-10)8-13-4-5-17-15(16)9-13/h4-7,9H,8H2,1-3H3. The molecule has 0 fully saturated rings. The van der Waals surface area contributed by atoms with E-state index < -0.39 is 0 Å². The van der Waals surface area contributed by atoms with Crippen molar-refractivity contribution in [2.24, 2.45) is 0 Å². The first-order valence-corrected chi connectivity index (χ1v) is 6.11. The van der Waals surface area contributed by atoms with Gasteiger partial charge in [-0.3, -0.25) is 0 Å². The smallest absolute Gasteiger partial charge is 0.129 e. The summed E-state index contributed by atoms with van der Waals surface area (Å²) in [5.41, 5.74) is 6.60. The number of halogens is 1. The summed E-state index contributed by atoms with van der Waals surface area (Å²) < 4.78 is 0. The quantitative estimate of drug-likeness (QED) is 0.721. The van der Waals surface area contributed by atoms with E-state index in [1.807, 2.05) is 12.1 Å². The third-order valence-corrected chi connectivity index (χ3v) is 3.22. The summed E-state index contributed by atoms with van der Waals surface area (Å²) in [7, 11) is 0.